The van der Waals surface area contributed by atoms with E-state index in [-0.39, 0.29) is 11.3 Å². The number of phenolic OH excluding ortho intramolecular Hbond substituents is 1. The lowest BCUT2D eigenvalue weighted by Gasteiger charge is -2.31. The van der Waals surface area contributed by atoms with Crippen molar-refractivity contribution in [2.24, 2.45) is 11.3 Å². The van der Waals surface area contributed by atoms with Crippen molar-refractivity contribution in [2.45, 2.75) is 39.5 Å². The Morgan fingerprint density at radius 2 is 2.11 bits per heavy atom. The zero-order valence-corrected chi connectivity index (χ0v) is 11.4. The molecule has 0 amide bonds. The number of Topliss-reactive ketones (excluding diaryl/α,β-unsaturated/α-hetero) is 1. The van der Waals surface area contributed by atoms with Crippen LogP contribution in [0.15, 0.2) is 17.7 Å². The highest BCUT2D eigenvalue weighted by Gasteiger charge is 2.53. The first-order chi connectivity index (χ1) is 9.03. The minimum atomic E-state index is 0.198. The Labute approximate surface area is 113 Å². The van der Waals surface area contributed by atoms with Crippen molar-refractivity contribution in [1.29, 1.82) is 0 Å². The standard InChI is InChI=1S/C17H18O2/c1-9-13-8-17-6-5-11(7-17)16(19)10(2)15(17)12(13)3-4-14(9)18/h3-4,11,18H,5-8H2,1-2H3. The van der Waals surface area contributed by atoms with Gasteiger partial charge in [0.05, 0.1) is 0 Å². The summed E-state index contributed by atoms with van der Waals surface area (Å²) in [5, 5.41) is 9.92. The largest absolute Gasteiger partial charge is 0.508 e. The number of ketones is 1. The van der Waals surface area contributed by atoms with E-state index in [2.05, 4.69) is 0 Å². The maximum atomic E-state index is 12.4. The summed E-state index contributed by atoms with van der Waals surface area (Å²) >= 11 is 0. The molecule has 98 valence electrons. The zero-order valence-electron chi connectivity index (χ0n) is 11.4. The number of benzene rings is 1. The molecule has 19 heavy (non-hydrogen) atoms. The molecule has 2 bridgehead atoms. The summed E-state index contributed by atoms with van der Waals surface area (Å²) in [6.45, 7) is 3.99. The van der Waals surface area contributed by atoms with E-state index in [1.54, 1.807) is 6.07 Å². The van der Waals surface area contributed by atoms with Crippen molar-refractivity contribution in [3.05, 3.63) is 34.4 Å². The van der Waals surface area contributed by atoms with Gasteiger partial charge in [-0.2, -0.15) is 0 Å². The van der Waals surface area contributed by atoms with Crippen LogP contribution in [0.25, 0.3) is 5.57 Å². The van der Waals surface area contributed by atoms with Gasteiger partial charge >= 0.3 is 0 Å². The minimum absolute atomic E-state index is 0.198. The van der Waals surface area contributed by atoms with Gasteiger partial charge in [-0.1, -0.05) is 6.07 Å². The van der Waals surface area contributed by atoms with Crippen LogP contribution in [0, 0.1) is 18.3 Å². The van der Waals surface area contributed by atoms with E-state index in [0.717, 1.165) is 36.8 Å². The predicted molar refractivity (Wildman–Crippen MR) is 73.9 cm³/mol. The Balaban J connectivity index is 2.03. The van der Waals surface area contributed by atoms with Gasteiger partial charge in [-0.05, 0) is 73.4 Å². The summed E-state index contributed by atoms with van der Waals surface area (Å²) in [6.07, 6.45) is 4.20. The fraction of sp³-hybridized carbons (Fsp3) is 0.471. The van der Waals surface area contributed by atoms with Crippen LogP contribution < -0.4 is 0 Å². The molecule has 2 heteroatoms. The van der Waals surface area contributed by atoms with Gasteiger partial charge in [-0.3, -0.25) is 4.79 Å². The van der Waals surface area contributed by atoms with Crippen LogP contribution >= 0.6 is 0 Å². The Bertz CT molecular complexity index is 653. The topological polar surface area (TPSA) is 37.3 Å². The summed E-state index contributed by atoms with van der Waals surface area (Å²) < 4.78 is 0. The third-order valence-electron chi connectivity index (χ3n) is 5.61. The third kappa shape index (κ3) is 1.20. The van der Waals surface area contributed by atoms with Crippen molar-refractivity contribution in [3.63, 3.8) is 0 Å². The van der Waals surface area contributed by atoms with E-state index < -0.39 is 0 Å². The monoisotopic (exact) mass is 254 g/mol. The van der Waals surface area contributed by atoms with Gasteiger partial charge in [0.2, 0.25) is 0 Å². The first-order valence-corrected chi connectivity index (χ1v) is 7.11. The molecule has 1 saturated carbocycles. The summed E-state index contributed by atoms with van der Waals surface area (Å²) in [5.74, 6) is 1.00. The molecule has 0 radical (unpaired) electrons. The molecule has 1 aromatic carbocycles. The highest BCUT2D eigenvalue weighted by atomic mass is 16.3. The highest BCUT2D eigenvalue weighted by Crippen LogP contribution is 2.62. The zero-order chi connectivity index (χ0) is 13.4. The second-order valence-electron chi connectivity index (χ2n) is 6.50. The van der Waals surface area contributed by atoms with Crippen LogP contribution in [0.4, 0.5) is 0 Å². The smallest absolute Gasteiger partial charge is 0.161 e. The van der Waals surface area contributed by atoms with Crippen LogP contribution in [0.2, 0.25) is 0 Å². The number of fused-ring (bicyclic) bond motifs is 3. The van der Waals surface area contributed by atoms with E-state index in [1.807, 2.05) is 19.9 Å². The Morgan fingerprint density at radius 3 is 2.89 bits per heavy atom. The average molecular weight is 254 g/mol. The second kappa shape index (κ2) is 3.30. The molecule has 3 aliphatic carbocycles. The van der Waals surface area contributed by atoms with Gasteiger partial charge in [0.15, 0.2) is 5.78 Å². The van der Waals surface area contributed by atoms with E-state index in [4.69, 9.17) is 0 Å². The van der Waals surface area contributed by atoms with Crippen LogP contribution in [-0.4, -0.2) is 10.9 Å². The Hall–Kier alpha value is -1.57. The second-order valence-corrected chi connectivity index (χ2v) is 6.50. The van der Waals surface area contributed by atoms with Gasteiger partial charge in [0, 0.05) is 11.3 Å². The van der Waals surface area contributed by atoms with Gasteiger partial charge in [0.25, 0.3) is 0 Å². The van der Waals surface area contributed by atoms with E-state index in [1.165, 1.54) is 16.7 Å². The van der Waals surface area contributed by atoms with Gasteiger partial charge in [-0.25, -0.2) is 0 Å². The number of rotatable bonds is 0. The Kier molecular flexibility index (Phi) is 1.96. The molecule has 1 N–H and O–H groups in total. The third-order valence-corrected chi connectivity index (χ3v) is 5.61. The van der Waals surface area contributed by atoms with Crippen molar-refractivity contribution in [2.75, 3.05) is 0 Å². The fourth-order valence-corrected chi connectivity index (χ4v) is 4.69. The van der Waals surface area contributed by atoms with E-state index in [0.29, 0.717) is 11.5 Å². The van der Waals surface area contributed by atoms with E-state index >= 15 is 0 Å². The van der Waals surface area contributed by atoms with Crippen molar-refractivity contribution >= 4 is 11.4 Å². The molecule has 2 unspecified atom stereocenters. The van der Waals surface area contributed by atoms with Crippen molar-refractivity contribution in [3.8, 4) is 5.75 Å². The molecule has 4 rings (SSSR count). The van der Waals surface area contributed by atoms with Crippen LogP contribution in [0.1, 0.15) is 42.9 Å². The summed E-state index contributed by atoms with van der Waals surface area (Å²) in [5.41, 5.74) is 5.97. The summed E-state index contributed by atoms with van der Waals surface area (Å²) in [6, 6.07) is 3.79. The number of carbonyl (C=O) groups is 1. The molecular weight excluding hydrogens is 236 g/mol. The molecular formula is C17H18O2. The van der Waals surface area contributed by atoms with Crippen LogP contribution in [-0.2, 0) is 11.2 Å². The minimum Gasteiger partial charge on any atom is -0.508 e. The summed E-state index contributed by atoms with van der Waals surface area (Å²) in [4.78, 5) is 12.4. The molecule has 1 aromatic rings. The quantitative estimate of drug-likeness (QED) is 0.770. The number of allylic oxidation sites excluding steroid dienone is 2. The molecule has 0 saturated heterocycles. The molecule has 1 fully saturated rings. The van der Waals surface area contributed by atoms with Crippen molar-refractivity contribution < 1.29 is 9.90 Å². The summed E-state index contributed by atoms with van der Waals surface area (Å²) in [7, 11) is 0. The van der Waals surface area contributed by atoms with Gasteiger partial charge in [-0.15, -0.1) is 0 Å². The molecule has 0 aliphatic heterocycles. The van der Waals surface area contributed by atoms with Crippen molar-refractivity contribution in [1.82, 2.24) is 0 Å². The number of aromatic hydroxyl groups is 1. The first-order valence-electron chi connectivity index (χ1n) is 7.11. The maximum Gasteiger partial charge on any atom is 0.161 e. The average Bonchev–Trinajstić information content (AvgIpc) is 2.93. The normalized spacial score (nSPS) is 31.7. The highest BCUT2D eigenvalue weighted by molar-refractivity contribution is 6.08. The molecule has 1 spiro atoms. The molecule has 2 atom stereocenters. The maximum absolute atomic E-state index is 12.4. The Morgan fingerprint density at radius 1 is 1.32 bits per heavy atom. The molecule has 2 nitrogen and oxygen atoms in total. The van der Waals surface area contributed by atoms with E-state index in [9.17, 15) is 9.90 Å². The number of hydrogen-bond donors (Lipinski definition) is 1. The first kappa shape index (κ1) is 11.3. The number of carbonyl (C=O) groups excluding carboxylic acids is 1. The molecule has 0 heterocycles. The van der Waals surface area contributed by atoms with Gasteiger partial charge < -0.3 is 5.11 Å². The SMILES string of the molecule is CC1=C2c3ccc(O)c(C)c3CC23CCC(C3)C1=O. The fourth-order valence-electron chi connectivity index (χ4n) is 4.69. The lowest BCUT2D eigenvalue weighted by molar-refractivity contribution is -0.119. The molecule has 3 aliphatic rings. The van der Waals surface area contributed by atoms with Crippen LogP contribution in [0.3, 0.4) is 0 Å². The number of hydrogen-bond acceptors (Lipinski definition) is 2. The van der Waals surface area contributed by atoms with Crippen LogP contribution in [0.5, 0.6) is 5.75 Å². The molecule has 0 aromatic heterocycles. The van der Waals surface area contributed by atoms with Gasteiger partial charge in [0.1, 0.15) is 5.75 Å². The lowest BCUT2D eigenvalue weighted by Crippen LogP contribution is -2.26. The predicted octanol–water partition coefficient (Wildman–Crippen LogP) is 3.40. The lowest BCUT2D eigenvalue weighted by atomic mass is 9.71. The number of phenols is 1.